The molecule has 1 atom stereocenters. The zero-order valence-corrected chi connectivity index (χ0v) is 15.3. The molecule has 0 saturated heterocycles. The van der Waals surface area contributed by atoms with Crippen LogP contribution in [0.25, 0.3) is 0 Å². The zero-order chi connectivity index (χ0) is 18.6. The zero-order valence-electron chi connectivity index (χ0n) is 15.3. The number of hydrogen-bond donors (Lipinski definition) is 0. The molecule has 27 heavy (non-hydrogen) atoms. The Kier molecular flexibility index (Phi) is 4.93. The third kappa shape index (κ3) is 3.73. The van der Waals surface area contributed by atoms with Gasteiger partial charge in [-0.25, -0.2) is 4.98 Å². The summed E-state index contributed by atoms with van der Waals surface area (Å²) in [4.78, 5) is 8.47. The summed E-state index contributed by atoms with van der Waals surface area (Å²) < 4.78 is 24.8. The summed E-state index contributed by atoms with van der Waals surface area (Å²) in [6, 6.07) is 7.86. The number of benzene rings is 1. The lowest BCUT2D eigenvalue weighted by atomic mass is 10.1. The number of pyridine rings is 1. The Morgan fingerprint density at radius 1 is 1.26 bits per heavy atom. The predicted octanol–water partition coefficient (Wildman–Crippen LogP) is 2.99. The van der Waals surface area contributed by atoms with Crippen LogP contribution in [-0.2, 0) is 17.9 Å². The molecule has 0 aliphatic carbocycles. The molecule has 1 aliphatic rings. The van der Waals surface area contributed by atoms with E-state index in [1.165, 1.54) is 0 Å². The highest BCUT2D eigenvalue weighted by molar-refractivity contribution is 5.55. The summed E-state index contributed by atoms with van der Waals surface area (Å²) in [7, 11) is 3.28. The first kappa shape index (κ1) is 17.4. The van der Waals surface area contributed by atoms with Crippen LogP contribution in [0.3, 0.4) is 0 Å². The van der Waals surface area contributed by atoms with Crippen molar-refractivity contribution in [3.8, 4) is 17.2 Å². The summed E-state index contributed by atoms with van der Waals surface area (Å²) in [5.41, 5.74) is 2.88. The minimum Gasteiger partial charge on any atom is -0.493 e. The van der Waals surface area contributed by atoms with Crippen LogP contribution in [0.4, 0.5) is 0 Å². The Balaban J connectivity index is 1.56. The molecule has 0 amide bonds. The largest absolute Gasteiger partial charge is 0.493 e. The smallest absolute Gasteiger partial charge is 0.204 e. The maximum Gasteiger partial charge on any atom is 0.204 e. The van der Waals surface area contributed by atoms with Crippen molar-refractivity contribution in [2.45, 2.75) is 19.3 Å². The molecule has 7 nitrogen and oxygen atoms in total. The van der Waals surface area contributed by atoms with Gasteiger partial charge < -0.3 is 23.5 Å². The van der Waals surface area contributed by atoms with Crippen molar-refractivity contribution >= 4 is 0 Å². The fourth-order valence-electron chi connectivity index (χ4n) is 3.05. The van der Waals surface area contributed by atoms with Crippen LogP contribution >= 0.6 is 0 Å². The first-order valence-electron chi connectivity index (χ1n) is 8.66. The van der Waals surface area contributed by atoms with Crippen LogP contribution in [0.15, 0.2) is 49.2 Å². The van der Waals surface area contributed by atoms with E-state index >= 15 is 0 Å². The summed E-state index contributed by atoms with van der Waals surface area (Å²) in [6.45, 7) is 1.58. The lowest BCUT2D eigenvalue weighted by Crippen LogP contribution is -2.22. The highest BCUT2D eigenvalue weighted by atomic mass is 16.6. The quantitative estimate of drug-likeness (QED) is 0.667. The highest BCUT2D eigenvalue weighted by Gasteiger charge is 2.26. The summed E-state index contributed by atoms with van der Waals surface area (Å²) >= 11 is 0. The van der Waals surface area contributed by atoms with Crippen LogP contribution in [0.1, 0.15) is 22.9 Å². The second-order valence-corrected chi connectivity index (χ2v) is 6.29. The third-order valence-electron chi connectivity index (χ3n) is 4.39. The second-order valence-electron chi connectivity index (χ2n) is 6.29. The van der Waals surface area contributed by atoms with E-state index in [1.54, 1.807) is 32.9 Å². The molecule has 1 unspecified atom stereocenters. The number of methoxy groups -OCH3 is 2. The lowest BCUT2D eigenvalue weighted by molar-refractivity contribution is 0.0866. The molecule has 7 heteroatoms. The number of rotatable bonds is 6. The SMILES string of the molecule is COCc1ccc(C2COc3cc(Cn4ccnc4)cc(OC)c3O2)cn1. The van der Waals surface area contributed by atoms with E-state index in [9.17, 15) is 0 Å². The van der Waals surface area contributed by atoms with Gasteiger partial charge in [-0.1, -0.05) is 6.07 Å². The third-order valence-corrected chi connectivity index (χ3v) is 4.39. The maximum absolute atomic E-state index is 6.19. The van der Waals surface area contributed by atoms with Gasteiger partial charge in [0.2, 0.25) is 5.75 Å². The van der Waals surface area contributed by atoms with Crippen molar-refractivity contribution in [1.82, 2.24) is 14.5 Å². The molecule has 1 aliphatic heterocycles. The van der Waals surface area contributed by atoms with Crippen molar-refractivity contribution < 1.29 is 18.9 Å². The van der Waals surface area contributed by atoms with Crippen LogP contribution < -0.4 is 14.2 Å². The average Bonchev–Trinajstić information content (AvgIpc) is 3.21. The van der Waals surface area contributed by atoms with Gasteiger partial charge >= 0.3 is 0 Å². The molecule has 3 aromatic rings. The molecule has 0 radical (unpaired) electrons. The Hall–Kier alpha value is -3.06. The van der Waals surface area contributed by atoms with E-state index in [-0.39, 0.29) is 6.10 Å². The predicted molar refractivity (Wildman–Crippen MR) is 98.1 cm³/mol. The first-order valence-corrected chi connectivity index (χ1v) is 8.66. The number of nitrogens with zero attached hydrogens (tertiary/aromatic N) is 3. The minimum atomic E-state index is -0.241. The Morgan fingerprint density at radius 2 is 2.19 bits per heavy atom. The van der Waals surface area contributed by atoms with Crippen molar-refractivity contribution in [2.75, 3.05) is 20.8 Å². The van der Waals surface area contributed by atoms with E-state index in [0.29, 0.717) is 37.0 Å². The number of fused-ring (bicyclic) bond motifs is 1. The van der Waals surface area contributed by atoms with Gasteiger partial charge in [0.25, 0.3) is 0 Å². The van der Waals surface area contributed by atoms with Gasteiger partial charge in [0.05, 0.1) is 25.7 Å². The van der Waals surface area contributed by atoms with Gasteiger partial charge in [-0.15, -0.1) is 0 Å². The molecule has 140 valence electrons. The van der Waals surface area contributed by atoms with Gasteiger partial charge in [0, 0.05) is 37.8 Å². The van der Waals surface area contributed by atoms with Crippen molar-refractivity contribution in [3.05, 3.63) is 66.0 Å². The van der Waals surface area contributed by atoms with Crippen LogP contribution in [-0.4, -0.2) is 35.4 Å². The van der Waals surface area contributed by atoms with Crippen molar-refractivity contribution in [3.63, 3.8) is 0 Å². The number of imidazole rings is 1. The standard InChI is InChI=1S/C20H21N3O4/c1-24-11-16-4-3-15(9-22-16)19-12-26-18-8-14(10-23-6-5-21-13-23)7-17(25-2)20(18)27-19/h3-9,13,19H,10-12H2,1-2H3. The molecular formula is C20H21N3O4. The van der Waals surface area contributed by atoms with Crippen LogP contribution in [0.2, 0.25) is 0 Å². The normalized spacial score (nSPS) is 15.6. The molecule has 0 bridgehead atoms. The van der Waals surface area contributed by atoms with Crippen LogP contribution in [0.5, 0.6) is 17.2 Å². The Bertz CT molecular complexity index is 877. The van der Waals surface area contributed by atoms with Gasteiger partial charge in [0.1, 0.15) is 6.61 Å². The van der Waals surface area contributed by atoms with E-state index in [0.717, 1.165) is 16.8 Å². The van der Waals surface area contributed by atoms with Crippen molar-refractivity contribution in [1.29, 1.82) is 0 Å². The number of aromatic nitrogens is 3. The summed E-state index contributed by atoms with van der Waals surface area (Å²) in [6.07, 6.45) is 7.01. The van der Waals surface area contributed by atoms with Gasteiger partial charge in [0.15, 0.2) is 17.6 Å². The minimum absolute atomic E-state index is 0.241. The molecular weight excluding hydrogens is 346 g/mol. The Labute approximate surface area is 157 Å². The Morgan fingerprint density at radius 3 is 2.89 bits per heavy atom. The second kappa shape index (κ2) is 7.67. The molecule has 0 N–H and O–H groups in total. The first-order chi connectivity index (χ1) is 13.3. The van der Waals surface area contributed by atoms with E-state index in [1.807, 2.05) is 35.0 Å². The van der Waals surface area contributed by atoms with Crippen LogP contribution in [0, 0.1) is 0 Å². The molecule has 4 rings (SSSR count). The number of hydrogen-bond acceptors (Lipinski definition) is 6. The molecule has 1 aromatic carbocycles. The summed E-state index contributed by atoms with van der Waals surface area (Å²) in [5.74, 6) is 1.95. The van der Waals surface area contributed by atoms with Gasteiger partial charge in [-0.3, -0.25) is 4.98 Å². The summed E-state index contributed by atoms with van der Waals surface area (Å²) in [5, 5.41) is 0. The molecule has 0 spiro atoms. The molecule has 0 fully saturated rings. The van der Waals surface area contributed by atoms with E-state index in [4.69, 9.17) is 18.9 Å². The number of ether oxygens (including phenoxy) is 4. The highest BCUT2D eigenvalue weighted by Crippen LogP contribution is 2.44. The molecule has 3 heterocycles. The maximum atomic E-state index is 6.19. The monoisotopic (exact) mass is 367 g/mol. The van der Waals surface area contributed by atoms with E-state index < -0.39 is 0 Å². The fraction of sp³-hybridized carbons (Fsp3) is 0.300. The molecule has 2 aromatic heterocycles. The topological polar surface area (TPSA) is 67.6 Å². The van der Waals surface area contributed by atoms with Gasteiger partial charge in [-0.2, -0.15) is 0 Å². The lowest BCUT2D eigenvalue weighted by Gasteiger charge is -2.28. The molecule has 0 saturated carbocycles. The fourth-order valence-corrected chi connectivity index (χ4v) is 3.05. The van der Waals surface area contributed by atoms with Gasteiger partial charge in [-0.05, 0) is 23.8 Å². The average molecular weight is 367 g/mol. The van der Waals surface area contributed by atoms with Crippen molar-refractivity contribution in [2.24, 2.45) is 0 Å². The van der Waals surface area contributed by atoms with E-state index in [2.05, 4.69) is 9.97 Å².